The lowest BCUT2D eigenvalue weighted by Gasteiger charge is -2.23. The molecule has 8 nitrogen and oxygen atoms in total. The van der Waals surface area contributed by atoms with Crippen molar-refractivity contribution in [3.63, 3.8) is 0 Å². The second kappa shape index (κ2) is 8.76. The Morgan fingerprint density at radius 3 is 1.97 bits per heavy atom. The van der Waals surface area contributed by atoms with Gasteiger partial charge in [0, 0.05) is 41.6 Å². The molecule has 4 rings (SSSR count). The van der Waals surface area contributed by atoms with E-state index >= 15 is 0 Å². The van der Waals surface area contributed by atoms with Gasteiger partial charge < -0.3 is 14.0 Å². The summed E-state index contributed by atoms with van der Waals surface area (Å²) in [5, 5.41) is 0. The number of allylic oxidation sites excluding steroid dienone is 6. The largest absolute Gasteiger partial charge is 0.744 e. The summed E-state index contributed by atoms with van der Waals surface area (Å²) in [4.78, 5) is 1.49. The number of hydrogen-bond acceptors (Lipinski definition) is 7. The molecular formula is C27H29N2O6S2-. The van der Waals surface area contributed by atoms with Gasteiger partial charge >= 0.3 is 0 Å². The van der Waals surface area contributed by atoms with Crippen LogP contribution in [0.4, 0.5) is 11.4 Å². The summed E-state index contributed by atoms with van der Waals surface area (Å²) in [7, 11) is -5.30. The fourth-order valence-electron chi connectivity index (χ4n) is 5.30. The van der Waals surface area contributed by atoms with Crippen molar-refractivity contribution in [2.45, 2.75) is 48.3 Å². The minimum absolute atomic E-state index is 0.242. The molecule has 0 unspecified atom stereocenters. The van der Waals surface area contributed by atoms with E-state index in [0.717, 1.165) is 33.9 Å². The smallest absolute Gasteiger partial charge is 0.209 e. The summed E-state index contributed by atoms with van der Waals surface area (Å²) in [6.45, 7) is 7.91. The first-order chi connectivity index (χ1) is 17.0. The summed E-state index contributed by atoms with van der Waals surface area (Å²) >= 11 is 0. The van der Waals surface area contributed by atoms with Crippen LogP contribution in [0.5, 0.6) is 0 Å². The van der Waals surface area contributed by atoms with Gasteiger partial charge in [0.1, 0.15) is 27.3 Å². The van der Waals surface area contributed by atoms with Crippen LogP contribution >= 0.6 is 0 Å². The Morgan fingerprint density at radius 1 is 0.811 bits per heavy atom. The lowest BCUT2D eigenvalue weighted by molar-refractivity contribution is -0.401. The zero-order valence-electron chi connectivity index (χ0n) is 21.5. The number of fused-ring (bicyclic) bond motifs is 2. The zero-order chi connectivity index (χ0) is 27.6. The van der Waals surface area contributed by atoms with Crippen molar-refractivity contribution < 1.29 is 30.5 Å². The van der Waals surface area contributed by atoms with Crippen LogP contribution in [0.3, 0.4) is 0 Å². The van der Waals surface area contributed by atoms with Gasteiger partial charge in [0.2, 0.25) is 5.69 Å². The lowest BCUT2D eigenvalue weighted by atomic mass is 9.81. The number of likely N-dealkylation sites (N-methyl/N-ethyl adjacent to an activating group) is 1. The fourth-order valence-corrected chi connectivity index (χ4v) is 6.29. The Morgan fingerprint density at radius 2 is 1.38 bits per heavy atom. The van der Waals surface area contributed by atoms with Crippen molar-refractivity contribution in [3.8, 4) is 0 Å². The second-order valence-corrected chi connectivity index (χ2v) is 13.1. The molecule has 37 heavy (non-hydrogen) atoms. The van der Waals surface area contributed by atoms with Crippen molar-refractivity contribution in [1.29, 1.82) is 0 Å². The molecule has 2 aliphatic rings. The molecule has 2 aliphatic heterocycles. The van der Waals surface area contributed by atoms with Gasteiger partial charge in [-0.3, -0.25) is 0 Å². The summed E-state index contributed by atoms with van der Waals surface area (Å²) < 4.78 is 71.1. The topological polar surface area (TPSA) is 121 Å². The monoisotopic (exact) mass is 541 g/mol. The van der Waals surface area contributed by atoms with Gasteiger partial charge in [-0.05, 0) is 55.8 Å². The van der Waals surface area contributed by atoms with Crippen LogP contribution in [-0.4, -0.2) is 50.3 Å². The van der Waals surface area contributed by atoms with E-state index in [2.05, 4.69) is 0 Å². The maximum atomic E-state index is 11.5. The molecule has 2 aromatic rings. The third-order valence-corrected chi connectivity index (χ3v) is 8.98. The lowest BCUT2D eigenvalue weighted by Crippen LogP contribution is -2.26. The molecule has 2 aromatic carbocycles. The van der Waals surface area contributed by atoms with Gasteiger partial charge in [0.25, 0.3) is 0 Å². The third kappa shape index (κ3) is 4.59. The zero-order valence-corrected chi connectivity index (χ0v) is 23.1. The quantitative estimate of drug-likeness (QED) is 0.319. The average molecular weight is 542 g/mol. The van der Waals surface area contributed by atoms with Crippen LogP contribution in [0.25, 0.3) is 0 Å². The predicted octanol–water partition coefficient (Wildman–Crippen LogP) is 3.92. The van der Waals surface area contributed by atoms with Gasteiger partial charge in [-0.1, -0.05) is 32.1 Å². The average Bonchev–Trinajstić information content (AvgIpc) is 3.10. The van der Waals surface area contributed by atoms with Gasteiger partial charge in [0.15, 0.2) is 5.71 Å². The molecule has 0 N–H and O–H groups in total. The van der Waals surface area contributed by atoms with E-state index in [1.165, 1.54) is 24.3 Å². The first-order valence-electron chi connectivity index (χ1n) is 11.6. The first-order valence-corrected chi connectivity index (χ1v) is 14.4. The number of benzene rings is 2. The molecule has 0 aromatic heterocycles. The second-order valence-electron chi connectivity index (χ2n) is 10.3. The molecule has 0 radical (unpaired) electrons. The Labute approximate surface area is 218 Å². The first kappa shape index (κ1) is 27.0. The highest BCUT2D eigenvalue weighted by atomic mass is 32.2. The number of rotatable bonds is 5. The van der Waals surface area contributed by atoms with E-state index in [1.807, 2.05) is 81.6 Å². The molecule has 0 bridgehead atoms. The van der Waals surface area contributed by atoms with Crippen LogP contribution in [0.2, 0.25) is 0 Å². The normalized spacial score (nSPS) is 19.9. The van der Waals surface area contributed by atoms with E-state index < -0.39 is 31.1 Å². The van der Waals surface area contributed by atoms with Crippen LogP contribution in [-0.2, 0) is 31.1 Å². The van der Waals surface area contributed by atoms with Crippen molar-refractivity contribution >= 4 is 37.3 Å². The fraction of sp³-hybridized carbons (Fsp3) is 0.296. The van der Waals surface area contributed by atoms with Crippen LogP contribution in [0, 0.1) is 0 Å². The van der Waals surface area contributed by atoms with E-state index in [9.17, 15) is 25.9 Å². The summed E-state index contributed by atoms with van der Waals surface area (Å²) in [5.74, 6) is 0. The minimum Gasteiger partial charge on any atom is -0.744 e. The molecule has 10 heteroatoms. The molecule has 2 heterocycles. The third-order valence-electron chi connectivity index (χ3n) is 7.32. The van der Waals surface area contributed by atoms with Gasteiger partial charge in [-0.2, -0.15) is 4.58 Å². The maximum Gasteiger partial charge on any atom is 0.209 e. The van der Waals surface area contributed by atoms with E-state index in [1.54, 1.807) is 12.1 Å². The van der Waals surface area contributed by atoms with Crippen molar-refractivity contribution in [2.24, 2.45) is 0 Å². The molecule has 0 saturated carbocycles. The van der Waals surface area contributed by atoms with Crippen molar-refractivity contribution in [3.05, 3.63) is 83.6 Å². The number of hydrogen-bond donors (Lipinski definition) is 0. The number of anilines is 1. The SMILES string of the molecule is CN1/C(=C/C=C/C=C/C2=[N+](C)c3ccc(S(=O)(=O)[O-])cc3C2(C)C)C(C)(C)c2cc(S(=O)(=O)[O-])ccc21. The standard InChI is InChI=1S/C27H30N2O6S2/c1-26(2)20-16-18(36(30,31)32)12-14-22(20)28(5)24(26)10-8-7-9-11-25-27(3,4)21-17-19(37(33,34)35)13-15-23(21)29(25)6/h7-17H,1-6H3,(H-,30,31,32,33,34,35)/p-1. The maximum absolute atomic E-state index is 11.5. The van der Waals surface area contributed by atoms with Gasteiger partial charge in [0.05, 0.1) is 15.2 Å². The molecule has 0 atom stereocenters. The van der Waals surface area contributed by atoms with Gasteiger partial charge in [-0.15, -0.1) is 0 Å². The molecule has 0 aliphatic carbocycles. The Balaban J connectivity index is 1.60. The highest BCUT2D eigenvalue weighted by Crippen LogP contribution is 2.47. The molecule has 0 fully saturated rings. The van der Waals surface area contributed by atoms with Crippen molar-refractivity contribution in [2.75, 3.05) is 19.0 Å². The van der Waals surface area contributed by atoms with Crippen LogP contribution in [0.1, 0.15) is 38.8 Å². The minimum atomic E-state index is -4.55. The Kier molecular flexibility index (Phi) is 6.39. The summed E-state index contributed by atoms with van der Waals surface area (Å²) in [6, 6.07) is 8.88. The highest BCUT2D eigenvalue weighted by Gasteiger charge is 2.43. The Bertz CT molecular complexity index is 1640. The molecule has 0 saturated heterocycles. The molecular weight excluding hydrogens is 512 g/mol. The van der Waals surface area contributed by atoms with E-state index in [4.69, 9.17) is 0 Å². The van der Waals surface area contributed by atoms with Crippen LogP contribution in [0.15, 0.2) is 82.3 Å². The molecule has 196 valence electrons. The Hall–Kier alpha value is -3.05. The number of nitrogens with zero attached hydrogens (tertiary/aromatic N) is 2. The summed E-state index contributed by atoms with van der Waals surface area (Å²) in [6.07, 6.45) is 9.55. The van der Waals surface area contributed by atoms with E-state index in [-0.39, 0.29) is 9.79 Å². The summed E-state index contributed by atoms with van der Waals surface area (Å²) in [5.41, 5.74) is 4.08. The molecule has 0 amide bonds. The highest BCUT2D eigenvalue weighted by molar-refractivity contribution is 7.86. The molecule has 0 spiro atoms. The van der Waals surface area contributed by atoms with Crippen molar-refractivity contribution in [1.82, 2.24) is 0 Å². The van der Waals surface area contributed by atoms with Gasteiger partial charge in [-0.25, -0.2) is 16.8 Å². The predicted molar refractivity (Wildman–Crippen MR) is 140 cm³/mol. The van der Waals surface area contributed by atoms with Crippen LogP contribution < -0.4 is 4.90 Å². The van der Waals surface area contributed by atoms with E-state index in [0.29, 0.717) is 0 Å².